The molecule has 142 valence electrons. The first-order valence-corrected chi connectivity index (χ1v) is 10.0. The van der Waals surface area contributed by atoms with E-state index < -0.39 is 0 Å². The van der Waals surface area contributed by atoms with Crippen molar-refractivity contribution in [1.82, 2.24) is 20.1 Å². The van der Waals surface area contributed by atoms with Gasteiger partial charge in [-0.3, -0.25) is 0 Å². The van der Waals surface area contributed by atoms with Gasteiger partial charge in [-0.2, -0.15) is 4.98 Å². The molecule has 0 bridgehead atoms. The minimum absolute atomic E-state index is 0.0659. The minimum atomic E-state index is -0.0827. The highest BCUT2D eigenvalue weighted by atomic mass is 32.1. The molecule has 4 heterocycles. The lowest BCUT2D eigenvalue weighted by atomic mass is 10.1. The van der Waals surface area contributed by atoms with Crippen molar-refractivity contribution in [2.75, 3.05) is 18.6 Å². The number of anilines is 1. The lowest BCUT2D eigenvalue weighted by Gasteiger charge is -2.24. The molecule has 0 N–H and O–H groups in total. The number of rotatable bonds is 4. The number of thiophene rings is 1. The molecule has 0 amide bonds. The average molecular weight is 393 g/mol. The molecule has 0 aliphatic carbocycles. The number of benzene rings is 1. The van der Waals surface area contributed by atoms with Crippen LogP contribution in [-0.2, 0) is 4.74 Å². The van der Waals surface area contributed by atoms with E-state index in [2.05, 4.69) is 21.1 Å². The van der Waals surface area contributed by atoms with Gasteiger partial charge in [0.15, 0.2) is 11.6 Å². The number of para-hydroxylation sites is 1. The van der Waals surface area contributed by atoms with E-state index in [1.54, 1.807) is 18.4 Å². The van der Waals surface area contributed by atoms with Crippen LogP contribution in [0.3, 0.4) is 0 Å². The van der Waals surface area contributed by atoms with Gasteiger partial charge in [-0.1, -0.05) is 23.4 Å². The van der Waals surface area contributed by atoms with E-state index in [0.717, 1.165) is 33.8 Å². The van der Waals surface area contributed by atoms with Crippen LogP contribution in [0.5, 0.6) is 0 Å². The molecule has 1 aromatic carbocycles. The van der Waals surface area contributed by atoms with Gasteiger partial charge in [0.2, 0.25) is 5.89 Å². The van der Waals surface area contributed by atoms with Crippen LogP contribution >= 0.6 is 11.3 Å². The number of fused-ring (bicyclic) bond motifs is 1. The third kappa shape index (κ3) is 2.94. The normalized spacial score (nSPS) is 19.6. The SMILES string of the molecule is COC1CC(c2nc(C)no2)N(c2nc(-c3cccs3)nc3ccccc23)C1. The van der Waals surface area contributed by atoms with Crippen molar-refractivity contribution < 1.29 is 9.26 Å². The Morgan fingerprint density at radius 3 is 2.79 bits per heavy atom. The molecule has 3 aromatic heterocycles. The molecule has 5 rings (SSSR count). The fourth-order valence-corrected chi connectivity index (χ4v) is 4.34. The zero-order valence-corrected chi connectivity index (χ0v) is 16.4. The van der Waals surface area contributed by atoms with Gasteiger partial charge in [-0.15, -0.1) is 11.3 Å². The zero-order chi connectivity index (χ0) is 19.1. The Labute approximate surface area is 166 Å². The van der Waals surface area contributed by atoms with E-state index in [0.29, 0.717) is 18.3 Å². The van der Waals surface area contributed by atoms with E-state index in [-0.39, 0.29) is 12.1 Å². The van der Waals surface area contributed by atoms with Crippen molar-refractivity contribution in [3.63, 3.8) is 0 Å². The molecule has 1 saturated heterocycles. The Kier molecular flexibility index (Phi) is 4.29. The summed E-state index contributed by atoms with van der Waals surface area (Å²) in [6, 6.07) is 12.1. The third-order valence-electron chi connectivity index (χ3n) is 5.02. The topological polar surface area (TPSA) is 77.2 Å². The van der Waals surface area contributed by atoms with Crippen LogP contribution in [0.2, 0.25) is 0 Å². The smallest absolute Gasteiger partial charge is 0.249 e. The third-order valence-corrected chi connectivity index (χ3v) is 5.89. The summed E-state index contributed by atoms with van der Waals surface area (Å²) in [6.45, 7) is 2.53. The van der Waals surface area contributed by atoms with E-state index in [1.807, 2.05) is 42.6 Å². The van der Waals surface area contributed by atoms with E-state index in [1.165, 1.54) is 0 Å². The van der Waals surface area contributed by atoms with Crippen LogP contribution in [-0.4, -0.2) is 39.9 Å². The van der Waals surface area contributed by atoms with Gasteiger partial charge >= 0.3 is 0 Å². The van der Waals surface area contributed by atoms with Gasteiger partial charge in [0.25, 0.3) is 0 Å². The first-order chi connectivity index (χ1) is 13.7. The van der Waals surface area contributed by atoms with Crippen LogP contribution in [0.15, 0.2) is 46.3 Å². The molecule has 4 aromatic rings. The zero-order valence-electron chi connectivity index (χ0n) is 15.6. The maximum absolute atomic E-state index is 5.66. The summed E-state index contributed by atoms with van der Waals surface area (Å²) in [7, 11) is 1.74. The van der Waals surface area contributed by atoms with Crippen LogP contribution in [0, 0.1) is 6.92 Å². The highest BCUT2D eigenvalue weighted by Crippen LogP contribution is 2.39. The first kappa shape index (κ1) is 17.3. The number of ether oxygens (including phenoxy) is 1. The monoisotopic (exact) mass is 393 g/mol. The number of hydrogen-bond acceptors (Lipinski definition) is 8. The van der Waals surface area contributed by atoms with Crippen LogP contribution < -0.4 is 4.90 Å². The van der Waals surface area contributed by atoms with Crippen molar-refractivity contribution in [1.29, 1.82) is 0 Å². The highest BCUT2D eigenvalue weighted by Gasteiger charge is 2.38. The van der Waals surface area contributed by atoms with Crippen LogP contribution in [0.25, 0.3) is 21.6 Å². The summed E-state index contributed by atoms with van der Waals surface area (Å²) < 4.78 is 11.2. The number of hydrogen-bond donors (Lipinski definition) is 0. The van der Waals surface area contributed by atoms with Gasteiger partial charge in [-0.05, 0) is 30.5 Å². The molecule has 8 heteroatoms. The summed E-state index contributed by atoms with van der Waals surface area (Å²) >= 11 is 1.63. The molecule has 2 atom stereocenters. The molecule has 28 heavy (non-hydrogen) atoms. The Morgan fingerprint density at radius 1 is 1.14 bits per heavy atom. The first-order valence-electron chi connectivity index (χ1n) is 9.13. The van der Waals surface area contributed by atoms with E-state index in [4.69, 9.17) is 19.2 Å². The Hall–Kier alpha value is -2.84. The average Bonchev–Trinajstić information content (AvgIpc) is 3.47. The second-order valence-corrected chi connectivity index (χ2v) is 7.75. The Morgan fingerprint density at radius 2 is 2.04 bits per heavy atom. The fraction of sp³-hybridized carbons (Fsp3) is 0.300. The van der Waals surface area contributed by atoms with Gasteiger partial charge < -0.3 is 14.2 Å². The molecule has 2 unspecified atom stereocenters. The van der Waals surface area contributed by atoms with E-state index >= 15 is 0 Å². The lowest BCUT2D eigenvalue weighted by molar-refractivity contribution is 0.117. The quantitative estimate of drug-likeness (QED) is 0.518. The molecule has 1 aliphatic rings. The van der Waals surface area contributed by atoms with E-state index in [9.17, 15) is 0 Å². The van der Waals surface area contributed by atoms with Crippen LogP contribution in [0.1, 0.15) is 24.2 Å². The molecule has 0 radical (unpaired) electrons. The van der Waals surface area contributed by atoms with Gasteiger partial charge in [0, 0.05) is 25.5 Å². The highest BCUT2D eigenvalue weighted by molar-refractivity contribution is 7.13. The van der Waals surface area contributed by atoms with Crippen molar-refractivity contribution in [3.8, 4) is 10.7 Å². The van der Waals surface area contributed by atoms with Crippen molar-refractivity contribution in [2.24, 2.45) is 0 Å². The molecule has 1 aliphatic heterocycles. The Balaban J connectivity index is 1.67. The predicted molar refractivity (Wildman–Crippen MR) is 107 cm³/mol. The van der Waals surface area contributed by atoms with Crippen molar-refractivity contribution >= 4 is 28.1 Å². The standard InChI is InChI=1S/C20H19N5O2S/c1-12-21-20(27-24-12)16-10-13(26-2)11-25(16)19-14-6-3-4-7-15(14)22-18(23-19)17-8-5-9-28-17/h3-9,13,16H,10-11H2,1-2H3. The molecule has 7 nitrogen and oxygen atoms in total. The molecule has 0 spiro atoms. The summed E-state index contributed by atoms with van der Waals surface area (Å²) in [5.41, 5.74) is 0.914. The van der Waals surface area contributed by atoms with Gasteiger partial charge in [0.05, 0.1) is 16.5 Å². The number of aryl methyl sites for hydroxylation is 1. The summed E-state index contributed by atoms with van der Waals surface area (Å²) in [4.78, 5) is 17.5. The second kappa shape index (κ2) is 6.96. The van der Waals surface area contributed by atoms with Gasteiger partial charge in [-0.25, -0.2) is 9.97 Å². The number of nitrogens with zero attached hydrogens (tertiary/aromatic N) is 5. The number of methoxy groups -OCH3 is 1. The largest absolute Gasteiger partial charge is 0.380 e. The molecular formula is C20H19N5O2S. The summed E-state index contributed by atoms with van der Waals surface area (Å²) in [6.07, 6.45) is 0.835. The lowest BCUT2D eigenvalue weighted by Crippen LogP contribution is -2.26. The molecule has 1 fully saturated rings. The second-order valence-electron chi connectivity index (χ2n) is 6.81. The van der Waals surface area contributed by atoms with Crippen molar-refractivity contribution in [2.45, 2.75) is 25.5 Å². The molecular weight excluding hydrogens is 374 g/mol. The summed E-state index contributed by atoms with van der Waals surface area (Å²) in [5, 5.41) is 7.01. The minimum Gasteiger partial charge on any atom is -0.380 e. The van der Waals surface area contributed by atoms with Crippen LogP contribution in [0.4, 0.5) is 5.82 Å². The Bertz CT molecular complexity index is 1110. The van der Waals surface area contributed by atoms with Crippen molar-refractivity contribution in [3.05, 3.63) is 53.5 Å². The fourth-order valence-electron chi connectivity index (χ4n) is 3.68. The predicted octanol–water partition coefficient (Wildman–Crippen LogP) is 4.02. The molecule has 0 saturated carbocycles. The van der Waals surface area contributed by atoms with Gasteiger partial charge in [0.1, 0.15) is 11.9 Å². The maximum Gasteiger partial charge on any atom is 0.249 e. The maximum atomic E-state index is 5.66. The number of aromatic nitrogens is 4. The summed E-state index contributed by atoms with van der Waals surface area (Å²) in [5.74, 6) is 2.82.